The first-order valence-corrected chi connectivity index (χ1v) is 8.75. The van der Waals surface area contributed by atoms with Crippen molar-refractivity contribution in [3.05, 3.63) is 68.7 Å². The second-order valence-electron chi connectivity index (χ2n) is 5.06. The molecule has 2 rings (SSSR count). The number of hydrogen-bond donors (Lipinski definition) is 2. The van der Waals surface area contributed by atoms with Gasteiger partial charge in [-0.2, -0.15) is 0 Å². The van der Waals surface area contributed by atoms with Crippen molar-refractivity contribution >= 4 is 58.0 Å². The Hall–Kier alpha value is -1.33. The van der Waals surface area contributed by atoms with Gasteiger partial charge in [-0.05, 0) is 48.0 Å². The van der Waals surface area contributed by atoms with Gasteiger partial charge in [-0.3, -0.25) is 4.79 Å². The molecular formula is C17H15Cl3N2OS. The minimum absolute atomic E-state index is 0.172. The highest BCUT2D eigenvalue weighted by molar-refractivity contribution is 7.80. The fourth-order valence-corrected chi connectivity index (χ4v) is 2.91. The lowest BCUT2D eigenvalue weighted by Crippen LogP contribution is -2.39. The molecule has 3 nitrogen and oxygen atoms in total. The van der Waals surface area contributed by atoms with Gasteiger partial charge in [0, 0.05) is 28.0 Å². The minimum Gasteiger partial charge on any atom is -0.358 e. The number of amides is 1. The van der Waals surface area contributed by atoms with E-state index < -0.39 is 0 Å². The topological polar surface area (TPSA) is 41.1 Å². The molecule has 7 heteroatoms. The Morgan fingerprint density at radius 2 is 1.75 bits per heavy atom. The van der Waals surface area contributed by atoms with E-state index >= 15 is 0 Å². The third-order valence-corrected chi connectivity index (χ3v) is 4.49. The number of carbonyl (C=O) groups excluding carboxylic acids is 1. The standard InChI is InChI=1S/C17H15Cl3N2OS/c18-13-7-5-12(15(20)9-13)10-21-17(24)22-16(23)8-6-11-3-1-2-4-14(11)19/h1-5,7,9H,6,8,10H2,(H2,21,22,23,24). The average molecular weight is 402 g/mol. The molecule has 0 fully saturated rings. The molecular weight excluding hydrogens is 387 g/mol. The van der Waals surface area contributed by atoms with E-state index in [0.29, 0.717) is 34.5 Å². The first kappa shape index (κ1) is 19.0. The molecule has 0 saturated heterocycles. The monoisotopic (exact) mass is 400 g/mol. The lowest BCUT2D eigenvalue weighted by atomic mass is 10.1. The highest BCUT2D eigenvalue weighted by Gasteiger charge is 2.08. The highest BCUT2D eigenvalue weighted by atomic mass is 35.5. The maximum Gasteiger partial charge on any atom is 0.226 e. The van der Waals surface area contributed by atoms with Crippen LogP contribution in [0.3, 0.4) is 0 Å². The normalized spacial score (nSPS) is 10.3. The molecule has 0 aliphatic heterocycles. The van der Waals surface area contributed by atoms with Crippen LogP contribution in [0.2, 0.25) is 15.1 Å². The van der Waals surface area contributed by atoms with Gasteiger partial charge in [0.15, 0.2) is 5.11 Å². The van der Waals surface area contributed by atoms with Crippen molar-refractivity contribution in [3.63, 3.8) is 0 Å². The largest absolute Gasteiger partial charge is 0.358 e. The predicted octanol–water partition coefficient (Wildman–Crippen LogP) is 4.77. The summed E-state index contributed by atoms with van der Waals surface area (Å²) < 4.78 is 0. The van der Waals surface area contributed by atoms with Gasteiger partial charge < -0.3 is 10.6 Å². The predicted molar refractivity (Wildman–Crippen MR) is 104 cm³/mol. The number of halogens is 3. The van der Waals surface area contributed by atoms with E-state index in [-0.39, 0.29) is 11.0 Å². The summed E-state index contributed by atoms with van der Waals surface area (Å²) in [5.74, 6) is -0.172. The van der Waals surface area contributed by atoms with Gasteiger partial charge in [0.1, 0.15) is 0 Å². The van der Waals surface area contributed by atoms with Crippen LogP contribution in [0, 0.1) is 0 Å². The lowest BCUT2D eigenvalue weighted by Gasteiger charge is -2.11. The summed E-state index contributed by atoms with van der Waals surface area (Å²) >= 11 is 23.1. The Morgan fingerprint density at radius 3 is 2.46 bits per heavy atom. The van der Waals surface area contributed by atoms with E-state index in [4.69, 9.17) is 47.0 Å². The van der Waals surface area contributed by atoms with Crippen LogP contribution in [-0.4, -0.2) is 11.0 Å². The fraction of sp³-hybridized carbons (Fsp3) is 0.176. The molecule has 0 aliphatic rings. The second kappa shape index (κ2) is 9.23. The molecule has 0 aromatic heterocycles. The van der Waals surface area contributed by atoms with Crippen LogP contribution >= 0.6 is 47.0 Å². The van der Waals surface area contributed by atoms with E-state index in [9.17, 15) is 4.79 Å². The van der Waals surface area contributed by atoms with E-state index in [1.165, 1.54) is 0 Å². The van der Waals surface area contributed by atoms with Crippen molar-refractivity contribution in [2.75, 3.05) is 0 Å². The van der Waals surface area contributed by atoms with Gasteiger partial charge in [0.25, 0.3) is 0 Å². The Balaban J connectivity index is 1.77. The van der Waals surface area contributed by atoms with Crippen LogP contribution in [0.25, 0.3) is 0 Å². The molecule has 0 aliphatic carbocycles. The quantitative estimate of drug-likeness (QED) is 0.709. The third-order valence-electron chi connectivity index (χ3n) is 3.29. The number of hydrogen-bond acceptors (Lipinski definition) is 2. The second-order valence-corrected chi connectivity index (χ2v) is 6.72. The maximum absolute atomic E-state index is 11.9. The average Bonchev–Trinajstić information content (AvgIpc) is 2.53. The summed E-state index contributed by atoms with van der Waals surface area (Å²) in [7, 11) is 0. The van der Waals surface area contributed by atoms with Gasteiger partial charge >= 0.3 is 0 Å². The number of aryl methyl sites for hydroxylation is 1. The van der Waals surface area contributed by atoms with Crippen LogP contribution in [0.4, 0.5) is 0 Å². The fourth-order valence-electron chi connectivity index (χ4n) is 2.02. The Labute approximate surface area is 161 Å². The number of rotatable bonds is 5. The molecule has 1 amide bonds. The van der Waals surface area contributed by atoms with Gasteiger partial charge in [-0.1, -0.05) is 59.1 Å². The van der Waals surface area contributed by atoms with Crippen LogP contribution in [0.5, 0.6) is 0 Å². The van der Waals surface area contributed by atoms with Crippen molar-refractivity contribution in [2.24, 2.45) is 0 Å². The molecule has 24 heavy (non-hydrogen) atoms. The van der Waals surface area contributed by atoms with Crippen LogP contribution in [0.1, 0.15) is 17.5 Å². The van der Waals surface area contributed by atoms with Crippen LogP contribution < -0.4 is 10.6 Å². The smallest absolute Gasteiger partial charge is 0.226 e. The van der Waals surface area contributed by atoms with Crippen LogP contribution in [0.15, 0.2) is 42.5 Å². The molecule has 0 spiro atoms. The zero-order valence-electron chi connectivity index (χ0n) is 12.6. The first-order valence-electron chi connectivity index (χ1n) is 7.20. The first-order chi connectivity index (χ1) is 11.5. The summed E-state index contributed by atoms with van der Waals surface area (Å²) in [4.78, 5) is 11.9. The Kier molecular flexibility index (Phi) is 7.31. The zero-order chi connectivity index (χ0) is 17.5. The van der Waals surface area contributed by atoms with Crippen LogP contribution in [-0.2, 0) is 17.8 Å². The molecule has 0 unspecified atom stereocenters. The number of benzene rings is 2. The van der Waals surface area contributed by atoms with E-state index in [1.54, 1.807) is 24.3 Å². The number of thiocarbonyl (C=S) groups is 1. The van der Waals surface area contributed by atoms with Crippen molar-refractivity contribution in [1.82, 2.24) is 10.6 Å². The highest BCUT2D eigenvalue weighted by Crippen LogP contribution is 2.20. The molecule has 0 radical (unpaired) electrons. The SMILES string of the molecule is O=C(CCc1ccccc1Cl)NC(=S)NCc1ccc(Cl)cc1Cl. The van der Waals surface area contributed by atoms with E-state index in [1.807, 2.05) is 18.2 Å². The maximum atomic E-state index is 11.9. The summed E-state index contributed by atoms with van der Waals surface area (Å²) in [5.41, 5.74) is 1.77. The van der Waals surface area contributed by atoms with Crippen molar-refractivity contribution in [3.8, 4) is 0 Å². The van der Waals surface area contributed by atoms with Gasteiger partial charge in [-0.15, -0.1) is 0 Å². The summed E-state index contributed by atoms with van der Waals surface area (Å²) in [6.45, 7) is 0.402. The molecule has 2 aromatic carbocycles. The summed E-state index contributed by atoms with van der Waals surface area (Å²) in [5, 5.41) is 7.61. The van der Waals surface area contributed by atoms with Gasteiger partial charge in [-0.25, -0.2) is 0 Å². The van der Waals surface area contributed by atoms with E-state index in [2.05, 4.69) is 10.6 Å². The van der Waals surface area contributed by atoms with Gasteiger partial charge in [0.05, 0.1) is 0 Å². The van der Waals surface area contributed by atoms with Gasteiger partial charge in [0.2, 0.25) is 5.91 Å². The molecule has 0 heterocycles. The van der Waals surface area contributed by atoms with E-state index in [0.717, 1.165) is 11.1 Å². The Morgan fingerprint density at radius 1 is 1.00 bits per heavy atom. The molecule has 0 bridgehead atoms. The summed E-state index contributed by atoms with van der Waals surface area (Å²) in [6.07, 6.45) is 0.852. The molecule has 0 atom stereocenters. The molecule has 0 saturated carbocycles. The van der Waals surface area contributed by atoms with Crippen molar-refractivity contribution in [2.45, 2.75) is 19.4 Å². The molecule has 2 N–H and O–H groups in total. The number of carbonyl (C=O) groups is 1. The zero-order valence-corrected chi connectivity index (χ0v) is 15.7. The molecule has 126 valence electrons. The minimum atomic E-state index is -0.172. The Bertz CT molecular complexity index is 752. The lowest BCUT2D eigenvalue weighted by molar-refractivity contribution is -0.119. The number of nitrogens with one attached hydrogen (secondary N) is 2. The molecule has 2 aromatic rings. The summed E-state index contributed by atoms with van der Waals surface area (Å²) in [6, 6.07) is 12.7. The third kappa shape index (κ3) is 5.95. The van der Waals surface area contributed by atoms with Crippen molar-refractivity contribution < 1.29 is 4.79 Å². The van der Waals surface area contributed by atoms with Crippen molar-refractivity contribution in [1.29, 1.82) is 0 Å².